The van der Waals surface area contributed by atoms with Gasteiger partial charge in [-0.05, 0) is 25.7 Å². The Labute approximate surface area is 141 Å². The van der Waals surface area contributed by atoms with Gasteiger partial charge in [0.1, 0.15) is 5.41 Å². The van der Waals surface area contributed by atoms with Gasteiger partial charge in [0.2, 0.25) is 5.91 Å². The Hall–Kier alpha value is -2.36. The summed E-state index contributed by atoms with van der Waals surface area (Å²) in [6, 6.07) is 2.21. The number of hydrogen-bond acceptors (Lipinski definition) is 5. The number of nitrogens with one attached hydrogen (secondary N) is 2. The summed E-state index contributed by atoms with van der Waals surface area (Å²) in [5.74, 6) is 0.246. The van der Waals surface area contributed by atoms with Crippen molar-refractivity contribution in [2.45, 2.75) is 51.0 Å². The molecule has 1 saturated carbocycles. The standard InChI is InChI=1S/C17H23N5O2/c18-12-17(6-2-1-3-7-17)16(24)21-13-5-4-10-22(11-13)14-15(23)20-9-8-19-14/h8-9,13H,1-7,10-11H2,(H,20,23)(H,21,24). The number of rotatable bonds is 3. The zero-order chi connectivity index (χ0) is 17.0. The van der Waals surface area contributed by atoms with Crippen molar-refractivity contribution in [1.82, 2.24) is 15.3 Å². The first-order chi connectivity index (χ1) is 11.6. The fraction of sp³-hybridized carbons (Fsp3) is 0.647. The third kappa shape index (κ3) is 3.28. The molecule has 2 N–H and O–H groups in total. The second-order valence-corrected chi connectivity index (χ2v) is 6.76. The number of anilines is 1. The van der Waals surface area contributed by atoms with Crippen molar-refractivity contribution in [1.29, 1.82) is 5.26 Å². The maximum absolute atomic E-state index is 12.7. The van der Waals surface area contributed by atoms with E-state index in [-0.39, 0.29) is 17.5 Å². The highest BCUT2D eigenvalue weighted by Gasteiger charge is 2.41. The van der Waals surface area contributed by atoms with E-state index in [2.05, 4.69) is 21.4 Å². The Morgan fingerprint density at radius 3 is 2.88 bits per heavy atom. The number of H-pyrrole nitrogens is 1. The third-order valence-corrected chi connectivity index (χ3v) is 5.10. The molecule has 2 aliphatic rings. The van der Waals surface area contributed by atoms with E-state index in [4.69, 9.17) is 0 Å². The number of piperidine rings is 1. The number of hydrogen-bond donors (Lipinski definition) is 2. The van der Waals surface area contributed by atoms with Crippen LogP contribution in [-0.2, 0) is 4.79 Å². The molecule has 2 heterocycles. The summed E-state index contributed by atoms with van der Waals surface area (Å²) in [5.41, 5.74) is -1.09. The van der Waals surface area contributed by atoms with E-state index in [9.17, 15) is 14.9 Å². The number of carbonyl (C=O) groups excluding carboxylic acids is 1. The van der Waals surface area contributed by atoms with Crippen LogP contribution in [0.2, 0.25) is 0 Å². The highest BCUT2D eigenvalue weighted by molar-refractivity contribution is 5.85. The van der Waals surface area contributed by atoms with Crippen LogP contribution in [0, 0.1) is 16.7 Å². The number of aromatic amines is 1. The molecule has 7 heteroatoms. The molecule has 0 radical (unpaired) electrons. The Bertz CT molecular complexity index is 687. The predicted molar refractivity (Wildman–Crippen MR) is 89.4 cm³/mol. The Morgan fingerprint density at radius 1 is 1.38 bits per heavy atom. The lowest BCUT2D eigenvalue weighted by Gasteiger charge is -2.36. The lowest BCUT2D eigenvalue weighted by molar-refractivity contribution is -0.130. The molecule has 1 amide bonds. The SMILES string of the molecule is N#CC1(C(=O)NC2CCCN(c3ncc[nH]c3=O)C2)CCCCC1. The Morgan fingerprint density at radius 2 is 2.17 bits per heavy atom. The van der Waals surface area contributed by atoms with Crippen LogP contribution in [0.1, 0.15) is 44.9 Å². The average Bonchev–Trinajstić information content (AvgIpc) is 2.63. The highest BCUT2D eigenvalue weighted by Crippen LogP contribution is 2.36. The molecule has 1 aromatic heterocycles. The van der Waals surface area contributed by atoms with Crippen LogP contribution in [0.5, 0.6) is 0 Å². The van der Waals surface area contributed by atoms with Gasteiger partial charge in [-0.1, -0.05) is 19.3 Å². The minimum atomic E-state index is -0.872. The summed E-state index contributed by atoms with van der Waals surface area (Å²) >= 11 is 0. The molecular formula is C17H23N5O2. The van der Waals surface area contributed by atoms with Crippen molar-refractivity contribution in [3.63, 3.8) is 0 Å². The largest absolute Gasteiger partial charge is 0.350 e. The second kappa shape index (κ2) is 7.04. The zero-order valence-electron chi connectivity index (χ0n) is 13.8. The van der Waals surface area contributed by atoms with E-state index in [0.717, 1.165) is 38.6 Å². The van der Waals surface area contributed by atoms with Crippen LogP contribution in [0.25, 0.3) is 0 Å². The second-order valence-electron chi connectivity index (χ2n) is 6.76. The molecule has 0 spiro atoms. The van der Waals surface area contributed by atoms with Crippen LogP contribution >= 0.6 is 0 Å². The molecule has 3 rings (SSSR count). The van der Waals surface area contributed by atoms with Crippen molar-refractivity contribution in [2.75, 3.05) is 18.0 Å². The monoisotopic (exact) mass is 329 g/mol. The zero-order valence-corrected chi connectivity index (χ0v) is 13.8. The van der Waals surface area contributed by atoms with Gasteiger partial charge in [0.15, 0.2) is 5.82 Å². The number of amides is 1. The number of nitriles is 1. The van der Waals surface area contributed by atoms with Gasteiger partial charge in [-0.3, -0.25) is 9.59 Å². The van der Waals surface area contributed by atoms with Gasteiger partial charge in [-0.2, -0.15) is 5.26 Å². The molecule has 1 aliphatic heterocycles. The topological polar surface area (TPSA) is 102 Å². The lowest BCUT2D eigenvalue weighted by atomic mass is 9.74. The summed E-state index contributed by atoms with van der Waals surface area (Å²) in [4.78, 5) is 33.3. The molecule has 1 aromatic rings. The van der Waals surface area contributed by atoms with Gasteiger partial charge in [-0.25, -0.2) is 4.98 Å². The highest BCUT2D eigenvalue weighted by atomic mass is 16.2. The summed E-state index contributed by atoms with van der Waals surface area (Å²) in [6.07, 6.45) is 9.05. The van der Waals surface area contributed by atoms with Crippen molar-refractivity contribution in [3.05, 3.63) is 22.7 Å². The van der Waals surface area contributed by atoms with E-state index in [1.54, 1.807) is 6.20 Å². The van der Waals surface area contributed by atoms with E-state index < -0.39 is 5.41 Å². The average molecular weight is 329 g/mol. The number of carbonyl (C=O) groups is 1. The molecule has 0 bridgehead atoms. The quantitative estimate of drug-likeness (QED) is 0.871. The molecule has 1 aliphatic carbocycles. The Balaban J connectivity index is 1.67. The first kappa shape index (κ1) is 16.5. The maximum atomic E-state index is 12.7. The summed E-state index contributed by atoms with van der Waals surface area (Å²) in [6.45, 7) is 1.29. The molecule has 1 atom stereocenters. The van der Waals surface area contributed by atoms with Crippen LogP contribution in [0.15, 0.2) is 17.2 Å². The summed E-state index contributed by atoms with van der Waals surface area (Å²) in [7, 11) is 0. The molecular weight excluding hydrogens is 306 g/mol. The fourth-order valence-electron chi connectivity index (χ4n) is 3.73. The summed E-state index contributed by atoms with van der Waals surface area (Å²) < 4.78 is 0. The van der Waals surface area contributed by atoms with E-state index in [0.29, 0.717) is 25.2 Å². The van der Waals surface area contributed by atoms with Gasteiger partial charge < -0.3 is 15.2 Å². The molecule has 24 heavy (non-hydrogen) atoms. The minimum absolute atomic E-state index is 0.0557. The van der Waals surface area contributed by atoms with Crippen LogP contribution in [0.3, 0.4) is 0 Å². The van der Waals surface area contributed by atoms with Crippen molar-refractivity contribution >= 4 is 11.7 Å². The number of aromatic nitrogens is 2. The van der Waals surface area contributed by atoms with Crippen molar-refractivity contribution < 1.29 is 4.79 Å². The minimum Gasteiger partial charge on any atom is -0.350 e. The molecule has 128 valence electrons. The van der Waals surface area contributed by atoms with E-state index >= 15 is 0 Å². The van der Waals surface area contributed by atoms with Crippen LogP contribution < -0.4 is 15.8 Å². The number of nitrogens with zero attached hydrogens (tertiary/aromatic N) is 3. The van der Waals surface area contributed by atoms with Gasteiger partial charge in [0.25, 0.3) is 5.56 Å². The van der Waals surface area contributed by atoms with E-state index in [1.807, 2.05) is 4.90 Å². The fourth-order valence-corrected chi connectivity index (χ4v) is 3.73. The summed E-state index contributed by atoms with van der Waals surface area (Å²) in [5, 5.41) is 12.6. The van der Waals surface area contributed by atoms with Crippen LogP contribution in [0.4, 0.5) is 5.82 Å². The smallest absolute Gasteiger partial charge is 0.290 e. The lowest BCUT2D eigenvalue weighted by Crippen LogP contribution is -2.53. The molecule has 2 fully saturated rings. The van der Waals surface area contributed by atoms with Crippen molar-refractivity contribution in [3.8, 4) is 6.07 Å². The molecule has 1 saturated heterocycles. The predicted octanol–water partition coefficient (Wildman–Crippen LogP) is 1.33. The molecule has 7 nitrogen and oxygen atoms in total. The van der Waals surface area contributed by atoms with Gasteiger partial charge in [0, 0.05) is 31.5 Å². The van der Waals surface area contributed by atoms with Gasteiger partial charge in [0.05, 0.1) is 6.07 Å². The normalized spacial score (nSPS) is 23.3. The first-order valence-electron chi connectivity index (χ1n) is 8.65. The van der Waals surface area contributed by atoms with Crippen molar-refractivity contribution in [2.24, 2.45) is 5.41 Å². The first-order valence-corrected chi connectivity index (χ1v) is 8.65. The van der Waals surface area contributed by atoms with Gasteiger partial charge in [-0.15, -0.1) is 0 Å². The third-order valence-electron chi connectivity index (χ3n) is 5.10. The Kier molecular flexibility index (Phi) is 4.84. The van der Waals surface area contributed by atoms with E-state index in [1.165, 1.54) is 6.20 Å². The van der Waals surface area contributed by atoms with Crippen LogP contribution in [-0.4, -0.2) is 35.0 Å². The molecule has 1 unspecified atom stereocenters. The maximum Gasteiger partial charge on any atom is 0.290 e. The molecule has 0 aromatic carbocycles. The van der Waals surface area contributed by atoms with Gasteiger partial charge >= 0.3 is 0 Å².